The molecule has 0 saturated carbocycles. The van der Waals surface area contributed by atoms with E-state index in [2.05, 4.69) is 17.6 Å². The molecule has 1 rings (SSSR count). The van der Waals surface area contributed by atoms with Crippen molar-refractivity contribution in [1.82, 2.24) is 10.6 Å². The second kappa shape index (κ2) is 7.61. The lowest BCUT2D eigenvalue weighted by Crippen LogP contribution is -2.42. The molecule has 96 valence electrons. The SMILES string of the molecule is CCC(C)NC(=S)NC(=O)/C=C/c1ccccc1. The molecule has 1 unspecified atom stereocenters. The van der Waals surface area contributed by atoms with Gasteiger partial charge in [0.05, 0.1) is 0 Å². The van der Waals surface area contributed by atoms with Crippen LogP contribution in [-0.4, -0.2) is 17.1 Å². The Labute approximate surface area is 113 Å². The minimum absolute atomic E-state index is 0.223. The molecule has 1 amide bonds. The van der Waals surface area contributed by atoms with Gasteiger partial charge in [-0.3, -0.25) is 10.1 Å². The summed E-state index contributed by atoms with van der Waals surface area (Å²) in [5.74, 6) is -0.223. The minimum Gasteiger partial charge on any atom is -0.360 e. The lowest BCUT2D eigenvalue weighted by atomic mass is 10.2. The number of hydrogen-bond donors (Lipinski definition) is 2. The summed E-state index contributed by atoms with van der Waals surface area (Å²) in [6.07, 6.45) is 4.18. The molecule has 4 heteroatoms. The number of carbonyl (C=O) groups excluding carboxylic acids is 1. The van der Waals surface area contributed by atoms with Crippen LogP contribution in [0.1, 0.15) is 25.8 Å². The number of rotatable bonds is 4. The molecule has 0 spiro atoms. The van der Waals surface area contributed by atoms with Crippen LogP contribution < -0.4 is 10.6 Å². The van der Waals surface area contributed by atoms with Crippen LogP contribution in [0.5, 0.6) is 0 Å². The molecule has 2 N–H and O–H groups in total. The van der Waals surface area contributed by atoms with Gasteiger partial charge < -0.3 is 5.32 Å². The summed E-state index contributed by atoms with van der Waals surface area (Å²) in [7, 11) is 0. The third kappa shape index (κ3) is 5.59. The Balaban J connectivity index is 2.42. The first-order valence-corrected chi connectivity index (χ1v) is 6.37. The molecule has 0 fully saturated rings. The van der Waals surface area contributed by atoms with E-state index in [0.29, 0.717) is 5.11 Å². The Morgan fingerprint density at radius 1 is 1.39 bits per heavy atom. The molecule has 18 heavy (non-hydrogen) atoms. The molecule has 0 aromatic heterocycles. The lowest BCUT2D eigenvalue weighted by molar-refractivity contribution is -0.115. The van der Waals surface area contributed by atoms with Crippen molar-refractivity contribution in [2.75, 3.05) is 0 Å². The fourth-order valence-corrected chi connectivity index (χ4v) is 1.55. The molecule has 0 saturated heterocycles. The van der Waals surface area contributed by atoms with E-state index in [4.69, 9.17) is 12.2 Å². The van der Waals surface area contributed by atoms with Gasteiger partial charge in [0, 0.05) is 12.1 Å². The Morgan fingerprint density at radius 2 is 2.06 bits per heavy atom. The van der Waals surface area contributed by atoms with E-state index >= 15 is 0 Å². The van der Waals surface area contributed by atoms with Gasteiger partial charge in [-0.1, -0.05) is 37.3 Å². The highest BCUT2D eigenvalue weighted by molar-refractivity contribution is 7.80. The van der Waals surface area contributed by atoms with Gasteiger partial charge in [0.2, 0.25) is 5.91 Å². The van der Waals surface area contributed by atoms with Crippen molar-refractivity contribution in [3.63, 3.8) is 0 Å². The minimum atomic E-state index is -0.223. The van der Waals surface area contributed by atoms with Crippen molar-refractivity contribution in [3.05, 3.63) is 42.0 Å². The van der Waals surface area contributed by atoms with Gasteiger partial charge in [-0.2, -0.15) is 0 Å². The first-order valence-electron chi connectivity index (χ1n) is 5.96. The molecular formula is C14H18N2OS. The van der Waals surface area contributed by atoms with E-state index < -0.39 is 0 Å². The lowest BCUT2D eigenvalue weighted by Gasteiger charge is -2.13. The molecule has 1 atom stereocenters. The fraction of sp³-hybridized carbons (Fsp3) is 0.286. The topological polar surface area (TPSA) is 41.1 Å². The normalized spacial score (nSPS) is 12.1. The van der Waals surface area contributed by atoms with Gasteiger partial charge in [-0.15, -0.1) is 0 Å². The molecule has 1 aromatic carbocycles. The molecule has 0 aliphatic carbocycles. The second-order valence-electron chi connectivity index (χ2n) is 4.02. The average Bonchev–Trinajstić information content (AvgIpc) is 2.37. The van der Waals surface area contributed by atoms with Gasteiger partial charge in [0.1, 0.15) is 0 Å². The molecule has 1 aromatic rings. The number of carbonyl (C=O) groups is 1. The van der Waals surface area contributed by atoms with Crippen LogP contribution in [0.25, 0.3) is 6.08 Å². The van der Waals surface area contributed by atoms with Crippen molar-refractivity contribution < 1.29 is 4.79 Å². The zero-order valence-corrected chi connectivity index (χ0v) is 11.5. The third-order valence-electron chi connectivity index (χ3n) is 2.45. The number of thiocarbonyl (C=S) groups is 1. The summed E-state index contributed by atoms with van der Waals surface area (Å²) in [6.45, 7) is 4.07. The summed E-state index contributed by atoms with van der Waals surface area (Å²) in [5, 5.41) is 6.00. The maximum absolute atomic E-state index is 11.6. The van der Waals surface area contributed by atoms with Gasteiger partial charge in [-0.05, 0) is 37.2 Å². The zero-order valence-electron chi connectivity index (χ0n) is 10.6. The van der Waals surface area contributed by atoms with Gasteiger partial charge >= 0.3 is 0 Å². The average molecular weight is 262 g/mol. The predicted molar refractivity (Wildman–Crippen MR) is 79.1 cm³/mol. The van der Waals surface area contributed by atoms with Crippen molar-refractivity contribution in [2.45, 2.75) is 26.3 Å². The van der Waals surface area contributed by atoms with Crippen LogP contribution in [0.4, 0.5) is 0 Å². The van der Waals surface area contributed by atoms with Crippen LogP contribution in [0.2, 0.25) is 0 Å². The monoisotopic (exact) mass is 262 g/mol. The summed E-state index contributed by atoms with van der Waals surface area (Å²) in [5.41, 5.74) is 0.980. The van der Waals surface area contributed by atoms with Crippen molar-refractivity contribution in [1.29, 1.82) is 0 Å². The van der Waals surface area contributed by atoms with E-state index in [0.717, 1.165) is 12.0 Å². The van der Waals surface area contributed by atoms with Gasteiger partial charge in [0.25, 0.3) is 0 Å². The summed E-state index contributed by atoms with van der Waals surface area (Å²) in [4.78, 5) is 11.6. The van der Waals surface area contributed by atoms with E-state index in [9.17, 15) is 4.79 Å². The molecule has 0 aliphatic rings. The van der Waals surface area contributed by atoms with Crippen molar-refractivity contribution in [2.24, 2.45) is 0 Å². The molecule has 0 heterocycles. The van der Waals surface area contributed by atoms with Crippen molar-refractivity contribution in [3.8, 4) is 0 Å². The van der Waals surface area contributed by atoms with Gasteiger partial charge in [0.15, 0.2) is 5.11 Å². The Hall–Kier alpha value is -1.68. The molecule has 3 nitrogen and oxygen atoms in total. The molecule has 0 radical (unpaired) electrons. The first-order chi connectivity index (χ1) is 8.61. The largest absolute Gasteiger partial charge is 0.360 e. The number of hydrogen-bond acceptors (Lipinski definition) is 2. The van der Waals surface area contributed by atoms with Crippen LogP contribution in [0, 0.1) is 0 Å². The predicted octanol–water partition coefficient (Wildman–Crippen LogP) is 2.49. The Morgan fingerprint density at radius 3 is 2.67 bits per heavy atom. The second-order valence-corrected chi connectivity index (χ2v) is 4.42. The summed E-state index contributed by atoms with van der Waals surface area (Å²) >= 11 is 5.03. The van der Waals surface area contributed by atoms with E-state index in [1.807, 2.05) is 37.3 Å². The zero-order chi connectivity index (χ0) is 13.4. The summed E-state index contributed by atoms with van der Waals surface area (Å²) in [6, 6.07) is 9.90. The quantitative estimate of drug-likeness (QED) is 0.647. The van der Waals surface area contributed by atoms with E-state index in [1.54, 1.807) is 6.08 Å². The smallest absolute Gasteiger partial charge is 0.250 e. The van der Waals surface area contributed by atoms with Crippen LogP contribution in [0.15, 0.2) is 36.4 Å². The fourth-order valence-electron chi connectivity index (χ4n) is 1.25. The van der Waals surface area contributed by atoms with Crippen molar-refractivity contribution >= 4 is 29.3 Å². The van der Waals surface area contributed by atoms with Crippen LogP contribution in [-0.2, 0) is 4.79 Å². The highest BCUT2D eigenvalue weighted by atomic mass is 32.1. The molecule has 0 aliphatic heterocycles. The maximum atomic E-state index is 11.6. The first kappa shape index (κ1) is 14.4. The van der Waals surface area contributed by atoms with E-state index in [1.165, 1.54) is 6.08 Å². The highest BCUT2D eigenvalue weighted by Gasteiger charge is 2.03. The Kier molecular flexibility index (Phi) is 6.08. The van der Waals surface area contributed by atoms with Crippen LogP contribution >= 0.6 is 12.2 Å². The van der Waals surface area contributed by atoms with E-state index in [-0.39, 0.29) is 11.9 Å². The number of benzene rings is 1. The molecular weight excluding hydrogens is 244 g/mol. The number of amides is 1. The maximum Gasteiger partial charge on any atom is 0.250 e. The van der Waals surface area contributed by atoms with Crippen LogP contribution in [0.3, 0.4) is 0 Å². The summed E-state index contributed by atoms with van der Waals surface area (Å²) < 4.78 is 0. The number of nitrogens with one attached hydrogen (secondary N) is 2. The Bertz CT molecular complexity index is 429. The standard InChI is InChI=1S/C14H18N2OS/c1-3-11(2)15-14(18)16-13(17)10-9-12-7-5-4-6-8-12/h4-11H,3H2,1-2H3,(H2,15,16,17,18)/b10-9+. The molecule has 0 bridgehead atoms. The highest BCUT2D eigenvalue weighted by Crippen LogP contribution is 2.00. The third-order valence-corrected chi connectivity index (χ3v) is 2.67. The van der Waals surface area contributed by atoms with Gasteiger partial charge in [-0.25, -0.2) is 0 Å².